The van der Waals surface area contributed by atoms with Gasteiger partial charge in [-0.05, 0) is 81.4 Å². The third kappa shape index (κ3) is 10.3. The van der Waals surface area contributed by atoms with Gasteiger partial charge >= 0.3 is 12.2 Å². The highest BCUT2D eigenvalue weighted by molar-refractivity contribution is 7.59. The molecular formula is C43H59N7O6S3. The van der Waals surface area contributed by atoms with Crippen LogP contribution in [0.3, 0.4) is 0 Å². The van der Waals surface area contributed by atoms with Crippen LogP contribution in [0.2, 0.25) is 0 Å². The Morgan fingerprint density at radius 3 is 2.22 bits per heavy atom. The minimum atomic E-state index is -0.749. The first-order valence-corrected chi connectivity index (χ1v) is 19.2. The van der Waals surface area contributed by atoms with Gasteiger partial charge in [0.2, 0.25) is 5.91 Å². The largest absolute Gasteiger partial charge is 0.453 e. The molecule has 1 spiro atoms. The highest BCUT2D eigenvalue weighted by atomic mass is 32.1. The number of carbonyl (C=O) groups is 3. The van der Waals surface area contributed by atoms with E-state index in [1.165, 1.54) is 7.11 Å². The first kappa shape index (κ1) is 47.3. The molecule has 2 bridgehead atoms. The average molecular weight is 866 g/mol. The number of carbonyl (C=O) groups excluding carboxylic acids is 3. The van der Waals surface area contributed by atoms with Gasteiger partial charge in [-0.2, -0.15) is 40.5 Å². The van der Waals surface area contributed by atoms with E-state index < -0.39 is 17.7 Å². The Morgan fingerprint density at radius 1 is 0.915 bits per heavy atom. The number of nitrogens with one attached hydrogen (secondary N) is 3. The zero-order valence-electron chi connectivity index (χ0n) is 33.4. The van der Waals surface area contributed by atoms with E-state index in [0.29, 0.717) is 38.5 Å². The fourth-order valence-electron chi connectivity index (χ4n) is 8.07. The molecule has 16 heteroatoms. The molecule has 3 N–H and O–H groups in total. The van der Waals surface area contributed by atoms with Gasteiger partial charge in [0.15, 0.2) is 0 Å². The van der Waals surface area contributed by atoms with Crippen LogP contribution in [-0.4, -0.2) is 86.3 Å². The lowest BCUT2D eigenvalue weighted by atomic mass is 10.0. The molecule has 0 unspecified atom stereocenters. The number of fused-ring (bicyclic) bond motifs is 4. The Bertz CT molecular complexity index is 2090. The number of rotatable bonds is 5. The van der Waals surface area contributed by atoms with Gasteiger partial charge in [0, 0.05) is 18.7 Å². The molecule has 3 fully saturated rings. The number of amides is 3. The van der Waals surface area contributed by atoms with Gasteiger partial charge in [0.25, 0.3) is 0 Å². The molecule has 3 atom stereocenters. The number of methoxy groups -OCH3 is 1. The predicted octanol–water partition coefficient (Wildman–Crippen LogP) is 8.43. The Balaban J connectivity index is 0.00000192. The number of likely N-dealkylation sites (tertiary alicyclic amines) is 1. The molecule has 1 aliphatic carbocycles. The van der Waals surface area contributed by atoms with Crippen molar-refractivity contribution in [2.45, 2.75) is 97.1 Å². The number of imidazole rings is 2. The summed E-state index contributed by atoms with van der Waals surface area (Å²) >= 11 is 0. The number of hydrogen-bond acceptors (Lipinski definition) is 8. The van der Waals surface area contributed by atoms with E-state index in [2.05, 4.69) is 63.8 Å². The van der Waals surface area contributed by atoms with Crippen LogP contribution in [0.4, 0.5) is 9.59 Å². The van der Waals surface area contributed by atoms with E-state index in [9.17, 15) is 14.4 Å². The second-order valence-electron chi connectivity index (χ2n) is 16.2. The Kier molecular flexibility index (Phi) is 15.5. The van der Waals surface area contributed by atoms with Crippen LogP contribution < -0.4 is 5.32 Å². The van der Waals surface area contributed by atoms with Crippen molar-refractivity contribution in [1.82, 2.24) is 35.1 Å². The number of aromatic nitrogens is 4. The predicted molar refractivity (Wildman–Crippen MR) is 243 cm³/mol. The zero-order valence-corrected chi connectivity index (χ0v) is 36.4. The number of H-pyrrole nitrogens is 2. The Labute approximate surface area is 367 Å². The third-order valence-corrected chi connectivity index (χ3v) is 11.1. The van der Waals surface area contributed by atoms with Crippen molar-refractivity contribution in [3.05, 3.63) is 84.2 Å². The van der Waals surface area contributed by atoms with Crippen LogP contribution in [0.15, 0.2) is 66.9 Å². The van der Waals surface area contributed by atoms with Crippen molar-refractivity contribution in [1.29, 1.82) is 0 Å². The highest BCUT2D eigenvalue weighted by Crippen LogP contribution is 2.58. The van der Waals surface area contributed by atoms with Crippen molar-refractivity contribution >= 4 is 58.6 Å². The average Bonchev–Trinajstić information content (AvgIpc) is 3.66. The molecule has 5 heterocycles. The maximum atomic E-state index is 13.7. The minimum Gasteiger partial charge on any atom is -0.453 e. The van der Waals surface area contributed by atoms with E-state index in [1.807, 2.05) is 48.9 Å². The van der Waals surface area contributed by atoms with E-state index in [1.54, 1.807) is 0 Å². The van der Waals surface area contributed by atoms with Gasteiger partial charge in [0.1, 0.15) is 23.3 Å². The zero-order chi connectivity index (χ0) is 38.3. The molecule has 3 aliphatic heterocycles. The SMILES string of the molecule is C.COC(=O)N[C@H]1C/C=C/COCc2[nH]c(nc2-c2ccc(-c3ccc(-c4cnc([C@@H]5CC6(CC6)CN5C(=O)OC(C)(C)C)[nH]4)cc3)cc2)[C@@H]2CCCN2C1=O.S.S.S. The summed E-state index contributed by atoms with van der Waals surface area (Å²) < 4.78 is 16.6. The standard InChI is InChI=1S/C42H49N7O6.CH4.3H2S/c1-41(2,3)55-40(52)49-25-42(18-19-42)22-34(49)36-43-23-31(44-36)28-14-10-26(11-15-28)27-12-16-29(17-13-27)35-32-24-54-21-6-5-8-30(46-39(51)53-4)38(50)48-20-7-9-33(48)37(45-32)47-35;;;;/h5-6,10-17,23,30,33-34H,7-9,18-22,24-25H2,1-4H3,(H,43,44)(H,45,47)(H,46,51);1H4;3*1H2/b6-5+;;;;/t30-,33-,34-;;;;/m0..../s1. The normalized spacial score (nSPS) is 21.2. The van der Waals surface area contributed by atoms with Crippen molar-refractivity contribution in [3.8, 4) is 33.6 Å². The van der Waals surface area contributed by atoms with Gasteiger partial charge in [0.05, 0.1) is 55.7 Å². The molecular weight excluding hydrogens is 807 g/mol. The van der Waals surface area contributed by atoms with Crippen molar-refractivity contribution < 1.29 is 28.6 Å². The van der Waals surface area contributed by atoms with Gasteiger partial charge in [-0.3, -0.25) is 9.69 Å². The number of benzene rings is 2. The molecule has 13 nitrogen and oxygen atoms in total. The van der Waals surface area contributed by atoms with E-state index in [-0.39, 0.29) is 77.4 Å². The molecule has 3 amide bonds. The molecule has 59 heavy (non-hydrogen) atoms. The summed E-state index contributed by atoms with van der Waals surface area (Å²) in [5, 5.41) is 2.70. The lowest BCUT2D eigenvalue weighted by Crippen LogP contribution is -2.48. The maximum absolute atomic E-state index is 13.7. The molecule has 2 aromatic heterocycles. The molecule has 4 aromatic rings. The number of aromatic amines is 2. The van der Waals surface area contributed by atoms with Crippen LogP contribution >= 0.6 is 40.5 Å². The summed E-state index contributed by atoms with van der Waals surface area (Å²) in [5.41, 5.74) is 6.26. The fourth-order valence-corrected chi connectivity index (χ4v) is 8.07. The quantitative estimate of drug-likeness (QED) is 0.169. The second-order valence-corrected chi connectivity index (χ2v) is 16.2. The summed E-state index contributed by atoms with van der Waals surface area (Å²) in [7, 11) is 1.29. The van der Waals surface area contributed by atoms with Crippen molar-refractivity contribution in [2.24, 2.45) is 5.41 Å². The topological polar surface area (TPSA) is 155 Å². The van der Waals surface area contributed by atoms with E-state index in [0.717, 1.165) is 77.3 Å². The molecule has 4 aliphatic rings. The Morgan fingerprint density at radius 2 is 1.58 bits per heavy atom. The summed E-state index contributed by atoms with van der Waals surface area (Å²) in [4.78, 5) is 59.4. The highest BCUT2D eigenvalue weighted by Gasteiger charge is 2.55. The van der Waals surface area contributed by atoms with Crippen LogP contribution in [0.5, 0.6) is 0 Å². The van der Waals surface area contributed by atoms with Crippen molar-refractivity contribution in [3.63, 3.8) is 0 Å². The van der Waals surface area contributed by atoms with Gasteiger partial charge in [-0.1, -0.05) is 68.1 Å². The Hall–Kier alpha value is -4.38. The first-order chi connectivity index (χ1) is 26.5. The van der Waals surface area contributed by atoms with Crippen molar-refractivity contribution in [2.75, 3.05) is 26.8 Å². The summed E-state index contributed by atoms with van der Waals surface area (Å²) in [6.07, 6.45) is 9.75. The smallest absolute Gasteiger partial charge is 0.410 e. The van der Waals surface area contributed by atoms with Crippen LogP contribution in [0.1, 0.15) is 96.1 Å². The van der Waals surface area contributed by atoms with E-state index >= 15 is 0 Å². The summed E-state index contributed by atoms with van der Waals surface area (Å²) in [6.45, 7) is 7.66. The molecule has 1 saturated carbocycles. The lowest BCUT2D eigenvalue weighted by Gasteiger charge is -2.27. The molecule has 0 radical (unpaired) electrons. The monoisotopic (exact) mass is 865 g/mol. The number of nitrogens with zero attached hydrogens (tertiary/aromatic N) is 4. The number of ether oxygens (including phenoxy) is 3. The van der Waals surface area contributed by atoms with Crippen LogP contribution in [0.25, 0.3) is 33.6 Å². The van der Waals surface area contributed by atoms with Gasteiger partial charge in [-0.25, -0.2) is 19.6 Å². The third-order valence-electron chi connectivity index (χ3n) is 11.1. The molecule has 2 saturated heterocycles. The fraction of sp³-hybridized carbons (Fsp3) is 0.465. The lowest BCUT2D eigenvalue weighted by molar-refractivity contribution is -0.134. The summed E-state index contributed by atoms with van der Waals surface area (Å²) in [6, 6.07) is 15.6. The second kappa shape index (κ2) is 19.3. The number of hydrogen-bond donors (Lipinski definition) is 3. The van der Waals surface area contributed by atoms with E-state index in [4.69, 9.17) is 24.2 Å². The van der Waals surface area contributed by atoms with Crippen LogP contribution in [-0.2, 0) is 25.6 Å². The van der Waals surface area contributed by atoms with Crippen LogP contribution in [0, 0.1) is 5.41 Å². The number of alkyl carbamates (subject to hydrolysis) is 1. The molecule has 320 valence electrons. The summed E-state index contributed by atoms with van der Waals surface area (Å²) in [5.74, 6) is 1.34. The molecule has 8 rings (SSSR count). The van der Waals surface area contributed by atoms with Gasteiger partial charge in [-0.15, -0.1) is 0 Å². The van der Waals surface area contributed by atoms with Gasteiger partial charge < -0.3 is 34.4 Å². The maximum Gasteiger partial charge on any atom is 0.410 e. The first-order valence-electron chi connectivity index (χ1n) is 19.2. The molecule has 2 aromatic carbocycles. The minimum absolute atomic E-state index is 0.